The van der Waals surface area contributed by atoms with Gasteiger partial charge in [-0.25, -0.2) is 4.98 Å². The maximum Gasteiger partial charge on any atom is 0.172 e. The van der Waals surface area contributed by atoms with Gasteiger partial charge in [-0.15, -0.1) is 0 Å². The molecule has 0 spiro atoms. The average molecular weight is 246 g/mol. The number of ketones is 1. The smallest absolute Gasteiger partial charge is 0.172 e. The van der Waals surface area contributed by atoms with Crippen molar-refractivity contribution in [3.63, 3.8) is 0 Å². The predicted molar refractivity (Wildman–Crippen MR) is 76.3 cm³/mol. The van der Waals surface area contributed by atoms with Crippen molar-refractivity contribution < 1.29 is 4.79 Å². The van der Waals surface area contributed by atoms with Crippen LogP contribution in [0.25, 0.3) is 21.8 Å². The molecule has 0 N–H and O–H groups in total. The van der Waals surface area contributed by atoms with Crippen molar-refractivity contribution in [3.8, 4) is 0 Å². The first-order valence-electron chi connectivity index (χ1n) is 6.21. The van der Waals surface area contributed by atoms with Crippen LogP contribution in [0.3, 0.4) is 0 Å². The number of carbonyl (C=O) groups excluding carboxylic acids is 1. The van der Waals surface area contributed by atoms with Crippen molar-refractivity contribution in [1.29, 1.82) is 0 Å². The van der Waals surface area contributed by atoms with Gasteiger partial charge in [-0.1, -0.05) is 24.3 Å². The number of para-hydroxylation sites is 1. The van der Waals surface area contributed by atoms with E-state index in [1.165, 1.54) is 0 Å². The summed E-state index contributed by atoms with van der Waals surface area (Å²) in [4.78, 5) is 21.0. The molecule has 90 valence electrons. The van der Waals surface area contributed by atoms with Crippen molar-refractivity contribution in [3.05, 3.63) is 48.0 Å². The summed E-state index contributed by atoms with van der Waals surface area (Å²) in [6.45, 7) is 0. The van der Waals surface area contributed by atoms with E-state index in [-0.39, 0.29) is 5.78 Å². The number of aromatic nitrogens is 1. The van der Waals surface area contributed by atoms with E-state index in [4.69, 9.17) is 0 Å². The van der Waals surface area contributed by atoms with Crippen LogP contribution >= 0.6 is 0 Å². The molecule has 1 aliphatic heterocycles. The molecule has 3 heteroatoms. The van der Waals surface area contributed by atoms with Gasteiger partial charge in [0.15, 0.2) is 5.78 Å². The first-order chi connectivity index (χ1) is 9.33. The lowest BCUT2D eigenvalue weighted by Gasteiger charge is -2.11. The number of aliphatic imine (C=N–C) groups is 1. The second-order valence-electron chi connectivity index (χ2n) is 4.65. The third kappa shape index (κ3) is 1.48. The molecular weight excluding hydrogens is 236 g/mol. The van der Waals surface area contributed by atoms with E-state index in [1.54, 1.807) is 6.21 Å². The number of fused-ring (bicyclic) bond motifs is 4. The van der Waals surface area contributed by atoms with Crippen LogP contribution in [0.1, 0.15) is 16.8 Å². The van der Waals surface area contributed by atoms with Crippen molar-refractivity contribution in [2.24, 2.45) is 4.99 Å². The Hall–Kier alpha value is -2.55. The summed E-state index contributed by atoms with van der Waals surface area (Å²) in [5, 5.41) is 2.07. The molecule has 1 aliphatic rings. The minimum absolute atomic E-state index is 0.0957. The molecule has 0 amide bonds. The number of hydrogen-bond acceptors (Lipinski definition) is 3. The van der Waals surface area contributed by atoms with Gasteiger partial charge in [-0.3, -0.25) is 9.79 Å². The average Bonchev–Trinajstić information content (AvgIpc) is 2.45. The van der Waals surface area contributed by atoms with Gasteiger partial charge >= 0.3 is 0 Å². The fourth-order valence-electron chi connectivity index (χ4n) is 2.54. The molecule has 0 fully saturated rings. The van der Waals surface area contributed by atoms with Gasteiger partial charge in [-0.05, 0) is 18.2 Å². The predicted octanol–water partition coefficient (Wildman–Crippen LogP) is 3.68. The van der Waals surface area contributed by atoms with E-state index in [1.807, 2.05) is 36.4 Å². The van der Waals surface area contributed by atoms with Crippen molar-refractivity contribution >= 4 is 39.5 Å². The van der Waals surface area contributed by atoms with Crippen LogP contribution in [0.5, 0.6) is 0 Å². The minimum Gasteiger partial charge on any atom is -0.294 e. The van der Waals surface area contributed by atoms with Crippen molar-refractivity contribution in [2.45, 2.75) is 6.42 Å². The Morgan fingerprint density at radius 2 is 1.89 bits per heavy atom. The lowest BCUT2D eigenvalue weighted by atomic mass is 9.99. The maximum absolute atomic E-state index is 12.1. The molecule has 1 aromatic heterocycles. The van der Waals surface area contributed by atoms with Crippen LogP contribution in [-0.4, -0.2) is 17.0 Å². The standard InChI is InChI=1S/C16H10N2O/c19-14-7-8-17-13-6-5-11-9-10-3-1-2-4-12(10)18-16(11)15(13)14/h1-6,8-9H,7H2. The Bertz CT molecular complexity index is 865. The Labute approximate surface area is 109 Å². The van der Waals surface area contributed by atoms with E-state index in [0.29, 0.717) is 12.0 Å². The van der Waals surface area contributed by atoms with E-state index >= 15 is 0 Å². The Morgan fingerprint density at radius 3 is 2.84 bits per heavy atom. The number of nitrogens with zero attached hydrogens (tertiary/aromatic N) is 2. The number of carbonyl (C=O) groups is 1. The molecule has 0 unspecified atom stereocenters. The third-order valence-corrected chi connectivity index (χ3v) is 3.45. The fourth-order valence-corrected chi connectivity index (χ4v) is 2.54. The monoisotopic (exact) mass is 246 g/mol. The van der Waals surface area contributed by atoms with Crippen LogP contribution in [0.15, 0.2) is 47.5 Å². The van der Waals surface area contributed by atoms with Gasteiger partial charge in [0.25, 0.3) is 0 Å². The first kappa shape index (κ1) is 10.4. The summed E-state index contributed by atoms with van der Waals surface area (Å²) in [5.41, 5.74) is 3.06. The molecule has 0 saturated carbocycles. The molecule has 2 aromatic carbocycles. The molecule has 0 bridgehead atoms. The van der Waals surface area contributed by atoms with Gasteiger partial charge in [0.05, 0.1) is 22.3 Å². The third-order valence-electron chi connectivity index (χ3n) is 3.45. The normalized spacial score (nSPS) is 14.0. The molecule has 3 nitrogen and oxygen atoms in total. The van der Waals surface area contributed by atoms with Crippen molar-refractivity contribution in [1.82, 2.24) is 4.98 Å². The van der Waals surface area contributed by atoms with Crippen LogP contribution < -0.4 is 0 Å². The summed E-state index contributed by atoms with van der Waals surface area (Å²) in [7, 11) is 0. The van der Waals surface area contributed by atoms with Gasteiger partial charge in [0.2, 0.25) is 0 Å². The molecule has 3 aromatic rings. The SMILES string of the molecule is O=C1CC=Nc2ccc3cc4ccccc4nc3c21. The summed E-state index contributed by atoms with van der Waals surface area (Å²) < 4.78 is 0. The summed E-state index contributed by atoms with van der Waals surface area (Å²) >= 11 is 0. The number of Topliss-reactive ketones (excluding diaryl/α,β-unsaturated/α-hetero) is 1. The van der Waals surface area contributed by atoms with E-state index in [2.05, 4.69) is 16.0 Å². The molecular formula is C16H10N2O. The van der Waals surface area contributed by atoms with Gasteiger partial charge in [-0.2, -0.15) is 0 Å². The number of hydrogen-bond donors (Lipinski definition) is 0. The number of rotatable bonds is 0. The molecule has 2 heterocycles. The van der Waals surface area contributed by atoms with Gasteiger partial charge in [0, 0.05) is 23.4 Å². The highest BCUT2D eigenvalue weighted by Gasteiger charge is 2.18. The van der Waals surface area contributed by atoms with E-state index < -0.39 is 0 Å². The van der Waals surface area contributed by atoms with Crippen LogP contribution in [0.4, 0.5) is 5.69 Å². The summed E-state index contributed by atoms with van der Waals surface area (Å²) in [6.07, 6.45) is 2.03. The van der Waals surface area contributed by atoms with E-state index in [0.717, 1.165) is 27.5 Å². The highest BCUT2D eigenvalue weighted by atomic mass is 16.1. The quantitative estimate of drug-likeness (QED) is 0.568. The number of benzene rings is 2. The molecule has 0 radical (unpaired) electrons. The molecule has 0 aliphatic carbocycles. The van der Waals surface area contributed by atoms with Crippen LogP contribution in [0, 0.1) is 0 Å². The molecule has 4 rings (SSSR count). The lowest BCUT2D eigenvalue weighted by molar-refractivity contribution is 0.100. The Kier molecular flexibility index (Phi) is 2.03. The van der Waals surface area contributed by atoms with Crippen molar-refractivity contribution in [2.75, 3.05) is 0 Å². The fraction of sp³-hybridized carbons (Fsp3) is 0.0625. The Morgan fingerprint density at radius 1 is 1.00 bits per heavy atom. The van der Waals surface area contributed by atoms with Gasteiger partial charge in [0.1, 0.15) is 0 Å². The van der Waals surface area contributed by atoms with Crippen LogP contribution in [0.2, 0.25) is 0 Å². The maximum atomic E-state index is 12.1. The topological polar surface area (TPSA) is 42.3 Å². The number of pyridine rings is 1. The van der Waals surface area contributed by atoms with Gasteiger partial charge < -0.3 is 0 Å². The second kappa shape index (κ2) is 3.72. The zero-order valence-electron chi connectivity index (χ0n) is 10.1. The van der Waals surface area contributed by atoms with E-state index in [9.17, 15) is 4.79 Å². The minimum atomic E-state index is 0.0957. The van der Waals surface area contributed by atoms with Crippen LogP contribution in [-0.2, 0) is 0 Å². The zero-order chi connectivity index (χ0) is 12.8. The molecule has 0 atom stereocenters. The zero-order valence-corrected chi connectivity index (χ0v) is 10.1. The Balaban J connectivity index is 2.19. The lowest BCUT2D eigenvalue weighted by Crippen LogP contribution is -2.06. The summed E-state index contributed by atoms with van der Waals surface area (Å²) in [5.74, 6) is 0.0957. The summed E-state index contributed by atoms with van der Waals surface area (Å²) in [6, 6.07) is 13.9. The highest BCUT2D eigenvalue weighted by molar-refractivity contribution is 6.17. The second-order valence-corrected chi connectivity index (χ2v) is 4.65. The highest BCUT2D eigenvalue weighted by Crippen LogP contribution is 2.31. The first-order valence-corrected chi connectivity index (χ1v) is 6.21. The molecule has 0 saturated heterocycles. The molecule has 19 heavy (non-hydrogen) atoms. The largest absolute Gasteiger partial charge is 0.294 e.